The lowest BCUT2D eigenvalue weighted by atomic mass is 10.1. The van der Waals surface area contributed by atoms with E-state index in [2.05, 4.69) is 4.99 Å². The van der Waals surface area contributed by atoms with E-state index in [0.717, 1.165) is 0 Å². The van der Waals surface area contributed by atoms with E-state index in [0.29, 0.717) is 50.4 Å². The van der Waals surface area contributed by atoms with Gasteiger partial charge in [-0.15, -0.1) is 0 Å². The number of ether oxygens (including phenoxy) is 1. The van der Waals surface area contributed by atoms with Crippen LogP contribution in [0, 0.1) is 10.1 Å². The Hall–Kier alpha value is -2.48. The number of rotatable bonds is 5. The van der Waals surface area contributed by atoms with Gasteiger partial charge in [0.2, 0.25) is 0 Å². The molecule has 1 aromatic carbocycles. The average molecular weight is 318 g/mol. The molecule has 23 heavy (non-hydrogen) atoms. The van der Waals surface area contributed by atoms with Gasteiger partial charge < -0.3 is 19.5 Å². The third kappa shape index (κ3) is 3.16. The second-order valence-corrected chi connectivity index (χ2v) is 5.68. The Morgan fingerprint density at radius 3 is 2.61 bits per heavy atom. The van der Waals surface area contributed by atoms with Crippen LogP contribution >= 0.6 is 0 Å². The molecule has 0 unspecified atom stereocenters. The molecule has 1 saturated heterocycles. The molecule has 2 fully saturated rings. The summed E-state index contributed by atoms with van der Waals surface area (Å²) in [4.78, 5) is 27.8. The number of carboxylic acid groups (broad SMARTS) is 1. The Balaban J connectivity index is 1.86. The fraction of sp³-hybridized carbons (Fsp3) is 0.467. The van der Waals surface area contributed by atoms with E-state index in [1.807, 2.05) is 4.90 Å². The zero-order valence-electron chi connectivity index (χ0n) is 12.4. The van der Waals surface area contributed by atoms with E-state index in [4.69, 9.17) is 4.74 Å². The minimum Gasteiger partial charge on any atom is -0.547 e. The van der Waals surface area contributed by atoms with Crippen molar-refractivity contribution < 1.29 is 19.6 Å². The SMILES string of the molecule is O=C([O-])C1(N=Cc2ccc(N3CCOCC3)c([N+](=O)[O-])c2)CC1. The van der Waals surface area contributed by atoms with Crippen molar-refractivity contribution in [3.63, 3.8) is 0 Å². The molecule has 122 valence electrons. The fourth-order valence-corrected chi connectivity index (χ4v) is 2.54. The predicted octanol–water partition coefficient (Wildman–Crippen LogP) is 0.133. The van der Waals surface area contributed by atoms with Crippen LogP contribution in [0.1, 0.15) is 18.4 Å². The number of benzene rings is 1. The number of nitro benzene ring substituents is 1. The molecular formula is C15H16N3O5-. The van der Waals surface area contributed by atoms with Crippen LogP contribution in [0.15, 0.2) is 23.2 Å². The first kappa shape index (κ1) is 15.4. The van der Waals surface area contributed by atoms with Crippen LogP contribution in [0.4, 0.5) is 11.4 Å². The van der Waals surface area contributed by atoms with Gasteiger partial charge in [-0.2, -0.15) is 0 Å². The number of hydrogen-bond donors (Lipinski definition) is 0. The van der Waals surface area contributed by atoms with Crippen LogP contribution in [0.25, 0.3) is 0 Å². The summed E-state index contributed by atoms with van der Waals surface area (Å²) in [7, 11) is 0. The minimum atomic E-state index is -1.20. The van der Waals surface area contributed by atoms with Gasteiger partial charge in [0.25, 0.3) is 5.69 Å². The molecule has 3 rings (SSSR count). The zero-order valence-corrected chi connectivity index (χ0v) is 12.4. The second-order valence-electron chi connectivity index (χ2n) is 5.68. The van der Waals surface area contributed by atoms with Gasteiger partial charge in [0.1, 0.15) is 11.2 Å². The molecule has 8 heteroatoms. The molecule has 8 nitrogen and oxygen atoms in total. The number of nitrogens with zero attached hydrogens (tertiary/aromatic N) is 3. The molecule has 0 atom stereocenters. The molecule has 0 radical (unpaired) electrons. The van der Waals surface area contributed by atoms with Crippen molar-refractivity contribution in [3.05, 3.63) is 33.9 Å². The number of hydrogen-bond acceptors (Lipinski definition) is 7. The molecule has 0 amide bonds. The predicted molar refractivity (Wildman–Crippen MR) is 80.7 cm³/mol. The summed E-state index contributed by atoms with van der Waals surface area (Å²) in [5.74, 6) is -1.20. The number of carbonyl (C=O) groups excluding carboxylic acids is 1. The summed E-state index contributed by atoms with van der Waals surface area (Å²) >= 11 is 0. The number of morpholine rings is 1. The molecule has 1 heterocycles. The maximum absolute atomic E-state index is 11.3. The highest BCUT2D eigenvalue weighted by Gasteiger charge is 2.43. The third-order valence-electron chi connectivity index (χ3n) is 4.11. The summed E-state index contributed by atoms with van der Waals surface area (Å²) in [6.45, 7) is 2.27. The summed E-state index contributed by atoms with van der Waals surface area (Å²) in [5.41, 5.74) is -0.121. The number of aliphatic imine (C=N–C) groups is 1. The van der Waals surface area contributed by atoms with Crippen LogP contribution in [0.3, 0.4) is 0 Å². The van der Waals surface area contributed by atoms with Gasteiger partial charge in [0.05, 0.1) is 24.1 Å². The highest BCUT2D eigenvalue weighted by atomic mass is 16.6. The number of nitro groups is 1. The first-order valence-corrected chi connectivity index (χ1v) is 7.40. The van der Waals surface area contributed by atoms with Gasteiger partial charge in [0, 0.05) is 25.4 Å². The Kier molecular flexibility index (Phi) is 3.99. The lowest BCUT2D eigenvalue weighted by Gasteiger charge is -2.28. The molecule has 1 aliphatic carbocycles. The quantitative estimate of drug-likeness (QED) is 0.434. The van der Waals surface area contributed by atoms with Crippen molar-refractivity contribution in [2.45, 2.75) is 18.4 Å². The van der Waals surface area contributed by atoms with E-state index in [1.54, 1.807) is 12.1 Å². The van der Waals surface area contributed by atoms with Crippen LogP contribution in [-0.4, -0.2) is 48.9 Å². The highest BCUT2D eigenvalue weighted by Crippen LogP contribution is 2.39. The molecule has 2 aliphatic rings. The normalized spacial score (nSPS) is 19.7. The smallest absolute Gasteiger partial charge is 0.293 e. The molecule has 0 bridgehead atoms. The fourth-order valence-electron chi connectivity index (χ4n) is 2.54. The van der Waals surface area contributed by atoms with E-state index in [-0.39, 0.29) is 5.69 Å². The average Bonchev–Trinajstić information content (AvgIpc) is 3.35. The molecule has 1 saturated carbocycles. The van der Waals surface area contributed by atoms with Gasteiger partial charge in [-0.3, -0.25) is 15.1 Å². The van der Waals surface area contributed by atoms with Crippen LogP contribution in [0.5, 0.6) is 0 Å². The van der Waals surface area contributed by atoms with E-state index < -0.39 is 16.4 Å². The number of anilines is 1. The van der Waals surface area contributed by atoms with Crippen molar-refractivity contribution in [1.29, 1.82) is 0 Å². The summed E-state index contributed by atoms with van der Waals surface area (Å²) in [6, 6.07) is 4.79. The first-order chi connectivity index (χ1) is 11.0. The number of carbonyl (C=O) groups is 1. The Labute approximate surface area is 132 Å². The number of aliphatic carboxylic acids is 1. The second kappa shape index (κ2) is 5.96. The van der Waals surface area contributed by atoms with Crippen molar-refractivity contribution in [3.8, 4) is 0 Å². The summed E-state index contributed by atoms with van der Waals surface area (Å²) in [6.07, 6.45) is 2.26. The van der Waals surface area contributed by atoms with E-state index in [1.165, 1.54) is 12.3 Å². The maximum atomic E-state index is 11.3. The monoisotopic (exact) mass is 318 g/mol. The molecule has 0 spiro atoms. The lowest BCUT2D eigenvalue weighted by molar-refractivity contribution is -0.384. The molecule has 1 aliphatic heterocycles. The minimum absolute atomic E-state index is 0.0193. The van der Waals surface area contributed by atoms with Gasteiger partial charge in [0.15, 0.2) is 0 Å². The van der Waals surface area contributed by atoms with Gasteiger partial charge >= 0.3 is 0 Å². The van der Waals surface area contributed by atoms with Gasteiger partial charge in [-0.25, -0.2) is 0 Å². The number of carboxylic acids is 1. The van der Waals surface area contributed by atoms with E-state index in [9.17, 15) is 20.0 Å². The van der Waals surface area contributed by atoms with Crippen molar-refractivity contribution >= 4 is 23.6 Å². The molecule has 0 aromatic heterocycles. The lowest BCUT2D eigenvalue weighted by Crippen LogP contribution is -2.36. The largest absolute Gasteiger partial charge is 0.547 e. The first-order valence-electron chi connectivity index (χ1n) is 7.40. The summed E-state index contributed by atoms with van der Waals surface area (Å²) in [5, 5.41) is 22.3. The van der Waals surface area contributed by atoms with Gasteiger partial charge in [-0.1, -0.05) is 6.07 Å². The third-order valence-corrected chi connectivity index (χ3v) is 4.11. The van der Waals surface area contributed by atoms with Crippen molar-refractivity contribution in [1.82, 2.24) is 0 Å². The van der Waals surface area contributed by atoms with Crippen LogP contribution in [0.2, 0.25) is 0 Å². The molecular weight excluding hydrogens is 302 g/mol. The Bertz CT molecular complexity index is 663. The van der Waals surface area contributed by atoms with Crippen molar-refractivity contribution in [2.75, 3.05) is 31.2 Å². The standard InChI is InChI=1S/C15H17N3O5/c19-14(20)15(3-4-15)16-10-11-1-2-12(13(9-11)18(21)22)17-5-7-23-8-6-17/h1-2,9-10H,3-8H2,(H,19,20)/p-1. The molecule has 1 aromatic rings. The Morgan fingerprint density at radius 2 is 2.04 bits per heavy atom. The van der Waals surface area contributed by atoms with Crippen LogP contribution < -0.4 is 10.0 Å². The zero-order chi connectivity index (χ0) is 16.4. The maximum Gasteiger partial charge on any atom is 0.293 e. The topological polar surface area (TPSA) is 108 Å². The van der Waals surface area contributed by atoms with Crippen molar-refractivity contribution in [2.24, 2.45) is 4.99 Å². The van der Waals surface area contributed by atoms with Crippen LogP contribution in [-0.2, 0) is 9.53 Å². The van der Waals surface area contributed by atoms with E-state index >= 15 is 0 Å². The molecule has 0 N–H and O–H groups in total. The Morgan fingerprint density at radius 1 is 1.35 bits per heavy atom. The van der Waals surface area contributed by atoms with Gasteiger partial charge in [-0.05, 0) is 24.5 Å². The highest BCUT2D eigenvalue weighted by molar-refractivity contribution is 5.88. The summed E-state index contributed by atoms with van der Waals surface area (Å²) < 4.78 is 5.26.